The molecule has 1 aliphatic rings. The maximum Gasteiger partial charge on any atom is 0.416 e. The minimum absolute atomic E-state index is 0.384. The van der Waals surface area contributed by atoms with Crippen LogP contribution in [-0.2, 0) is 12.7 Å². The van der Waals surface area contributed by atoms with Gasteiger partial charge in [-0.2, -0.15) is 18.3 Å². The molecule has 0 saturated heterocycles. The smallest absolute Gasteiger partial charge is 0.416 e. The van der Waals surface area contributed by atoms with Crippen molar-refractivity contribution >= 4 is 11.0 Å². The van der Waals surface area contributed by atoms with Gasteiger partial charge in [0.15, 0.2) is 0 Å². The van der Waals surface area contributed by atoms with Gasteiger partial charge in [-0.3, -0.25) is 9.97 Å². The van der Waals surface area contributed by atoms with Gasteiger partial charge in [-0.15, -0.1) is 0 Å². The van der Waals surface area contributed by atoms with E-state index < -0.39 is 11.7 Å². The van der Waals surface area contributed by atoms with Gasteiger partial charge in [0.1, 0.15) is 12.3 Å². The van der Waals surface area contributed by atoms with Gasteiger partial charge in [0, 0.05) is 18.0 Å². The van der Waals surface area contributed by atoms with Crippen LogP contribution < -0.4 is 4.74 Å². The van der Waals surface area contributed by atoms with Crippen LogP contribution >= 0.6 is 0 Å². The van der Waals surface area contributed by atoms with Crippen molar-refractivity contribution in [3.8, 4) is 28.3 Å². The van der Waals surface area contributed by atoms with Crippen LogP contribution in [0.5, 0.6) is 5.88 Å². The normalized spacial score (nSPS) is 13.5. The fourth-order valence-electron chi connectivity index (χ4n) is 3.40. The highest BCUT2D eigenvalue weighted by molar-refractivity contribution is 5.89. The summed E-state index contributed by atoms with van der Waals surface area (Å²) < 4.78 is 47.0. The van der Waals surface area contributed by atoms with Crippen molar-refractivity contribution in [3.63, 3.8) is 0 Å². The molecule has 2 aromatic heterocycles. The molecule has 0 unspecified atom stereocenters. The second-order valence-corrected chi connectivity index (χ2v) is 6.44. The highest BCUT2D eigenvalue weighted by Gasteiger charge is 2.32. The summed E-state index contributed by atoms with van der Waals surface area (Å²) in [4.78, 5) is 8.57. The Bertz CT molecular complexity index is 1200. The van der Waals surface area contributed by atoms with Crippen molar-refractivity contribution < 1.29 is 17.9 Å². The molecule has 0 amide bonds. The first kappa shape index (κ1) is 16.7. The summed E-state index contributed by atoms with van der Waals surface area (Å²) >= 11 is 0. The molecule has 4 aromatic rings. The Hall–Kier alpha value is -3.42. The average Bonchev–Trinajstić information content (AvgIpc) is 3.28. The Labute approximate surface area is 157 Å². The highest BCUT2D eigenvalue weighted by atomic mass is 19.4. The second-order valence-electron chi connectivity index (χ2n) is 6.44. The molecule has 3 heterocycles. The van der Waals surface area contributed by atoms with Crippen molar-refractivity contribution in [3.05, 3.63) is 60.4 Å². The van der Waals surface area contributed by atoms with Crippen LogP contribution in [0, 0.1) is 0 Å². The molecule has 140 valence electrons. The van der Waals surface area contributed by atoms with Gasteiger partial charge < -0.3 is 4.74 Å². The molecule has 0 N–H and O–H groups in total. The Kier molecular flexibility index (Phi) is 3.61. The number of hydrogen-bond acceptors (Lipinski definition) is 4. The van der Waals surface area contributed by atoms with E-state index in [9.17, 15) is 13.2 Å². The molecule has 0 saturated carbocycles. The fraction of sp³-hybridized carbons (Fsp3) is 0.150. The molecular weight excluding hydrogens is 369 g/mol. The Morgan fingerprint density at radius 2 is 1.75 bits per heavy atom. The summed E-state index contributed by atoms with van der Waals surface area (Å²) in [7, 11) is 0. The fourth-order valence-corrected chi connectivity index (χ4v) is 3.40. The molecule has 0 aliphatic carbocycles. The Morgan fingerprint density at radius 1 is 0.929 bits per heavy atom. The third-order valence-electron chi connectivity index (χ3n) is 4.67. The van der Waals surface area contributed by atoms with E-state index in [1.54, 1.807) is 23.1 Å². The minimum Gasteiger partial charge on any atom is -0.475 e. The summed E-state index contributed by atoms with van der Waals surface area (Å²) in [6, 6.07) is 10.7. The van der Waals surface area contributed by atoms with E-state index in [2.05, 4.69) is 15.1 Å². The molecule has 28 heavy (non-hydrogen) atoms. The van der Waals surface area contributed by atoms with Gasteiger partial charge in [-0.25, -0.2) is 4.68 Å². The van der Waals surface area contributed by atoms with Crippen molar-refractivity contribution in [1.82, 2.24) is 19.7 Å². The van der Waals surface area contributed by atoms with Crippen molar-refractivity contribution in [1.29, 1.82) is 0 Å². The summed E-state index contributed by atoms with van der Waals surface area (Å²) in [5.41, 5.74) is 2.96. The van der Waals surface area contributed by atoms with Crippen LogP contribution in [0.1, 0.15) is 5.56 Å². The van der Waals surface area contributed by atoms with E-state index >= 15 is 0 Å². The van der Waals surface area contributed by atoms with Crippen LogP contribution in [0.25, 0.3) is 33.4 Å². The van der Waals surface area contributed by atoms with Crippen LogP contribution in [0.2, 0.25) is 0 Å². The largest absolute Gasteiger partial charge is 0.475 e. The molecule has 1 aliphatic heterocycles. The first-order valence-corrected chi connectivity index (χ1v) is 8.63. The quantitative estimate of drug-likeness (QED) is 0.510. The van der Waals surface area contributed by atoms with E-state index in [1.165, 1.54) is 6.07 Å². The summed E-state index contributed by atoms with van der Waals surface area (Å²) in [6.07, 6.45) is -1.22. The standard InChI is InChI=1S/C20H13F3N4O/c21-20(22,23)14-3-1-2-13(10-14)18-17(19-27(26-18)8-9-28-19)12-4-5-15-16(11-12)25-7-6-24-15/h1-7,10-11H,8-9H2. The average molecular weight is 382 g/mol. The summed E-state index contributed by atoms with van der Waals surface area (Å²) in [5, 5.41) is 4.53. The first-order chi connectivity index (χ1) is 13.5. The lowest BCUT2D eigenvalue weighted by atomic mass is 9.99. The van der Waals surface area contributed by atoms with Crippen molar-refractivity contribution in [2.45, 2.75) is 12.7 Å². The Balaban J connectivity index is 1.72. The highest BCUT2D eigenvalue weighted by Crippen LogP contribution is 2.42. The van der Waals surface area contributed by atoms with Gasteiger partial charge in [0.25, 0.3) is 0 Å². The third kappa shape index (κ3) is 2.69. The predicted octanol–water partition coefficient (Wildman–Crippen LogP) is 4.57. The summed E-state index contributed by atoms with van der Waals surface area (Å²) in [5.74, 6) is 0.552. The molecule has 5 rings (SSSR count). The molecule has 0 radical (unpaired) electrons. The van der Waals surface area contributed by atoms with Gasteiger partial charge in [0.2, 0.25) is 5.88 Å². The summed E-state index contributed by atoms with van der Waals surface area (Å²) in [6.45, 7) is 1.03. The van der Waals surface area contributed by atoms with E-state index in [4.69, 9.17) is 4.74 Å². The van der Waals surface area contributed by atoms with Crippen LogP contribution in [0.3, 0.4) is 0 Å². The molecule has 0 fully saturated rings. The van der Waals surface area contributed by atoms with Gasteiger partial charge in [0.05, 0.1) is 28.7 Å². The van der Waals surface area contributed by atoms with Crippen molar-refractivity contribution in [2.75, 3.05) is 6.61 Å². The molecular formula is C20H13F3N4O. The number of aromatic nitrogens is 4. The molecule has 2 aromatic carbocycles. The number of ether oxygens (including phenoxy) is 1. The van der Waals surface area contributed by atoms with Crippen LogP contribution in [0.4, 0.5) is 13.2 Å². The van der Waals surface area contributed by atoms with Gasteiger partial charge >= 0.3 is 6.18 Å². The van der Waals surface area contributed by atoms with Gasteiger partial charge in [-0.05, 0) is 29.8 Å². The molecule has 8 heteroatoms. The van der Waals surface area contributed by atoms with Crippen LogP contribution in [-0.4, -0.2) is 26.4 Å². The lowest BCUT2D eigenvalue weighted by Crippen LogP contribution is -2.04. The molecule has 0 atom stereocenters. The number of fused-ring (bicyclic) bond motifs is 2. The van der Waals surface area contributed by atoms with E-state index in [0.29, 0.717) is 41.4 Å². The number of hydrogen-bond donors (Lipinski definition) is 0. The predicted molar refractivity (Wildman–Crippen MR) is 96.7 cm³/mol. The number of halogens is 3. The molecule has 5 nitrogen and oxygen atoms in total. The molecule has 0 spiro atoms. The number of nitrogens with zero attached hydrogens (tertiary/aromatic N) is 4. The zero-order valence-corrected chi connectivity index (χ0v) is 14.4. The Morgan fingerprint density at radius 3 is 2.57 bits per heavy atom. The number of alkyl halides is 3. The van der Waals surface area contributed by atoms with Gasteiger partial charge in [-0.1, -0.05) is 18.2 Å². The van der Waals surface area contributed by atoms with Crippen molar-refractivity contribution in [2.24, 2.45) is 0 Å². The lowest BCUT2D eigenvalue weighted by molar-refractivity contribution is -0.137. The third-order valence-corrected chi connectivity index (χ3v) is 4.67. The minimum atomic E-state index is -4.42. The van der Waals surface area contributed by atoms with E-state index in [0.717, 1.165) is 23.2 Å². The second kappa shape index (κ2) is 6.05. The zero-order valence-electron chi connectivity index (χ0n) is 14.4. The topological polar surface area (TPSA) is 52.8 Å². The first-order valence-electron chi connectivity index (χ1n) is 8.63. The number of rotatable bonds is 2. The maximum absolute atomic E-state index is 13.2. The SMILES string of the molecule is FC(F)(F)c1cccc(-c2nn3c(c2-c2ccc4nccnc4c2)OCC3)c1. The lowest BCUT2D eigenvalue weighted by Gasteiger charge is -2.10. The van der Waals surface area contributed by atoms with E-state index in [1.807, 2.05) is 18.2 Å². The zero-order chi connectivity index (χ0) is 19.3. The monoisotopic (exact) mass is 382 g/mol. The maximum atomic E-state index is 13.2. The molecule has 0 bridgehead atoms. The van der Waals surface area contributed by atoms with E-state index in [-0.39, 0.29) is 0 Å². The number of benzene rings is 2. The van der Waals surface area contributed by atoms with Crippen LogP contribution in [0.15, 0.2) is 54.9 Å².